The SMILES string of the molecule is COc1ccc2cc(C(=O)COC(=O)COc3cccc(F)c3)ccc2c1. The Hall–Kier alpha value is -3.41. The van der Waals surface area contributed by atoms with E-state index < -0.39 is 25.0 Å². The third kappa shape index (κ3) is 4.82. The van der Waals surface area contributed by atoms with E-state index in [0.29, 0.717) is 5.56 Å². The maximum atomic E-state index is 13.0. The summed E-state index contributed by atoms with van der Waals surface area (Å²) in [6.07, 6.45) is 0. The Morgan fingerprint density at radius 3 is 2.44 bits per heavy atom. The highest BCUT2D eigenvalue weighted by Gasteiger charge is 2.12. The first-order chi connectivity index (χ1) is 13.0. The maximum absolute atomic E-state index is 13.0. The van der Waals surface area contributed by atoms with Gasteiger partial charge in [0.25, 0.3) is 0 Å². The summed E-state index contributed by atoms with van der Waals surface area (Å²) in [6.45, 7) is -0.804. The minimum Gasteiger partial charge on any atom is -0.497 e. The molecule has 0 amide bonds. The lowest BCUT2D eigenvalue weighted by Gasteiger charge is -2.08. The molecule has 0 heterocycles. The van der Waals surface area contributed by atoms with Crippen LogP contribution in [0.1, 0.15) is 10.4 Å². The van der Waals surface area contributed by atoms with Crippen LogP contribution in [0.4, 0.5) is 4.39 Å². The number of rotatable bonds is 7. The maximum Gasteiger partial charge on any atom is 0.344 e. The van der Waals surface area contributed by atoms with Crippen LogP contribution in [0.15, 0.2) is 60.7 Å². The second kappa shape index (κ2) is 8.31. The summed E-state index contributed by atoms with van der Waals surface area (Å²) in [5.74, 6) is -0.563. The van der Waals surface area contributed by atoms with E-state index in [4.69, 9.17) is 14.2 Å². The molecule has 0 fully saturated rings. The number of halogens is 1. The van der Waals surface area contributed by atoms with Crippen LogP contribution in [0.25, 0.3) is 10.8 Å². The number of esters is 1. The summed E-state index contributed by atoms with van der Waals surface area (Å²) >= 11 is 0. The summed E-state index contributed by atoms with van der Waals surface area (Å²) in [4.78, 5) is 24.0. The highest BCUT2D eigenvalue weighted by Crippen LogP contribution is 2.22. The summed E-state index contributed by atoms with van der Waals surface area (Å²) in [5, 5.41) is 1.81. The molecule has 0 spiro atoms. The van der Waals surface area contributed by atoms with Crippen LogP contribution in [0.3, 0.4) is 0 Å². The molecular formula is C21H17FO5. The van der Waals surface area contributed by atoms with E-state index >= 15 is 0 Å². The number of hydrogen-bond donors (Lipinski definition) is 0. The molecule has 0 unspecified atom stereocenters. The van der Waals surface area contributed by atoms with Crippen LogP contribution in [0.5, 0.6) is 11.5 Å². The number of Topliss-reactive ketones (excluding diaryl/α,β-unsaturated/α-hetero) is 1. The molecule has 138 valence electrons. The molecule has 0 bridgehead atoms. The van der Waals surface area contributed by atoms with Crippen molar-refractivity contribution in [1.29, 1.82) is 0 Å². The molecule has 6 heteroatoms. The fourth-order valence-corrected chi connectivity index (χ4v) is 2.49. The van der Waals surface area contributed by atoms with Gasteiger partial charge in [0.15, 0.2) is 19.0 Å². The molecule has 0 saturated heterocycles. The molecule has 3 aromatic rings. The van der Waals surface area contributed by atoms with E-state index in [1.54, 1.807) is 31.4 Å². The number of fused-ring (bicyclic) bond motifs is 1. The van der Waals surface area contributed by atoms with Gasteiger partial charge in [-0.15, -0.1) is 0 Å². The Kier molecular flexibility index (Phi) is 5.66. The Morgan fingerprint density at radius 2 is 1.67 bits per heavy atom. The van der Waals surface area contributed by atoms with E-state index in [9.17, 15) is 14.0 Å². The molecule has 3 rings (SSSR count). The van der Waals surface area contributed by atoms with Gasteiger partial charge in [0.1, 0.15) is 17.3 Å². The van der Waals surface area contributed by atoms with Crippen LogP contribution in [-0.4, -0.2) is 32.1 Å². The zero-order valence-electron chi connectivity index (χ0n) is 14.6. The van der Waals surface area contributed by atoms with Gasteiger partial charge in [-0.05, 0) is 41.1 Å². The van der Waals surface area contributed by atoms with Crippen molar-refractivity contribution in [2.75, 3.05) is 20.3 Å². The first-order valence-corrected chi connectivity index (χ1v) is 8.20. The smallest absolute Gasteiger partial charge is 0.344 e. The first-order valence-electron chi connectivity index (χ1n) is 8.20. The summed E-state index contributed by atoms with van der Waals surface area (Å²) < 4.78 is 28.3. The highest BCUT2D eigenvalue weighted by atomic mass is 19.1. The third-order valence-electron chi connectivity index (χ3n) is 3.89. The lowest BCUT2D eigenvalue weighted by molar-refractivity contribution is -0.144. The summed E-state index contributed by atoms with van der Waals surface area (Å²) in [5.41, 5.74) is 0.437. The third-order valence-corrected chi connectivity index (χ3v) is 3.89. The largest absolute Gasteiger partial charge is 0.497 e. The summed E-state index contributed by atoms with van der Waals surface area (Å²) in [6, 6.07) is 16.1. The zero-order chi connectivity index (χ0) is 19.2. The fraction of sp³-hybridized carbons (Fsp3) is 0.143. The number of ether oxygens (including phenoxy) is 3. The molecule has 0 aliphatic heterocycles. The molecule has 0 N–H and O–H groups in total. The second-order valence-electron chi connectivity index (χ2n) is 5.76. The van der Waals surface area contributed by atoms with Crippen LogP contribution in [0, 0.1) is 5.82 Å². The van der Waals surface area contributed by atoms with Crippen molar-refractivity contribution in [3.63, 3.8) is 0 Å². The Bertz CT molecular complexity index is 983. The summed E-state index contributed by atoms with van der Waals surface area (Å²) in [7, 11) is 1.59. The number of benzene rings is 3. The Morgan fingerprint density at radius 1 is 0.889 bits per heavy atom. The molecule has 0 radical (unpaired) electrons. The van der Waals surface area contributed by atoms with Gasteiger partial charge in [-0.25, -0.2) is 9.18 Å². The van der Waals surface area contributed by atoms with Gasteiger partial charge in [0.05, 0.1) is 7.11 Å². The molecule has 27 heavy (non-hydrogen) atoms. The minimum absolute atomic E-state index is 0.211. The molecule has 0 atom stereocenters. The lowest BCUT2D eigenvalue weighted by Crippen LogP contribution is -2.19. The topological polar surface area (TPSA) is 61.8 Å². The first kappa shape index (κ1) is 18.4. The fourth-order valence-electron chi connectivity index (χ4n) is 2.49. The average Bonchev–Trinajstić information content (AvgIpc) is 2.69. The molecule has 5 nitrogen and oxygen atoms in total. The quantitative estimate of drug-likeness (QED) is 0.469. The van der Waals surface area contributed by atoms with Crippen molar-refractivity contribution in [2.24, 2.45) is 0 Å². The lowest BCUT2D eigenvalue weighted by atomic mass is 10.0. The van der Waals surface area contributed by atoms with Crippen molar-refractivity contribution in [3.8, 4) is 11.5 Å². The number of ketones is 1. The number of carbonyl (C=O) groups is 2. The van der Waals surface area contributed by atoms with Crippen molar-refractivity contribution >= 4 is 22.5 Å². The van der Waals surface area contributed by atoms with Crippen LogP contribution < -0.4 is 9.47 Å². The van der Waals surface area contributed by atoms with Gasteiger partial charge in [0, 0.05) is 11.6 Å². The average molecular weight is 368 g/mol. The van der Waals surface area contributed by atoms with Gasteiger partial charge >= 0.3 is 5.97 Å². The van der Waals surface area contributed by atoms with Crippen LogP contribution >= 0.6 is 0 Å². The van der Waals surface area contributed by atoms with E-state index in [2.05, 4.69) is 0 Å². The van der Waals surface area contributed by atoms with E-state index in [0.717, 1.165) is 22.6 Å². The number of carbonyl (C=O) groups excluding carboxylic acids is 2. The van der Waals surface area contributed by atoms with E-state index in [1.807, 2.05) is 12.1 Å². The predicted molar refractivity (Wildman–Crippen MR) is 97.7 cm³/mol. The van der Waals surface area contributed by atoms with Crippen molar-refractivity contribution < 1.29 is 28.2 Å². The monoisotopic (exact) mass is 368 g/mol. The minimum atomic E-state index is -0.710. The number of hydrogen-bond acceptors (Lipinski definition) is 5. The van der Waals surface area contributed by atoms with Gasteiger partial charge in [0.2, 0.25) is 0 Å². The van der Waals surface area contributed by atoms with Crippen molar-refractivity contribution in [2.45, 2.75) is 0 Å². The standard InChI is InChI=1S/C21H17FO5/c1-25-18-8-7-14-9-16(6-5-15(14)10-18)20(23)12-27-21(24)13-26-19-4-2-3-17(22)11-19/h2-11H,12-13H2,1H3. The molecule has 3 aromatic carbocycles. The van der Waals surface area contributed by atoms with Gasteiger partial charge in [-0.3, -0.25) is 4.79 Å². The van der Waals surface area contributed by atoms with Gasteiger partial charge in [-0.1, -0.05) is 24.3 Å². The molecule has 0 aliphatic carbocycles. The normalized spacial score (nSPS) is 10.4. The van der Waals surface area contributed by atoms with E-state index in [1.165, 1.54) is 18.2 Å². The van der Waals surface area contributed by atoms with Crippen LogP contribution in [-0.2, 0) is 9.53 Å². The second-order valence-corrected chi connectivity index (χ2v) is 5.76. The van der Waals surface area contributed by atoms with Crippen LogP contribution in [0.2, 0.25) is 0 Å². The molecule has 0 aliphatic rings. The molecular weight excluding hydrogens is 351 g/mol. The molecule has 0 aromatic heterocycles. The predicted octanol–water partition coefficient (Wildman–Crippen LogP) is 3.79. The number of methoxy groups -OCH3 is 1. The zero-order valence-corrected chi connectivity index (χ0v) is 14.6. The Balaban J connectivity index is 1.55. The van der Waals surface area contributed by atoms with Gasteiger partial charge in [-0.2, -0.15) is 0 Å². The highest BCUT2D eigenvalue weighted by molar-refractivity contribution is 6.01. The molecule has 0 saturated carbocycles. The van der Waals surface area contributed by atoms with Crippen molar-refractivity contribution in [3.05, 3.63) is 72.0 Å². The Labute approximate surface area is 155 Å². The van der Waals surface area contributed by atoms with Crippen molar-refractivity contribution in [1.82, 2.24) is 0 Å². The van der Waals surface area contributed by atoms with Gasteiger partial charge < -0.3 is 14.2 Å². The van der Waals surface area contributed by atoms with E-state index in [-0.39, 0.29) is 11.5 Å².